The lowest BCUT2D eigenvalue weighted by Gasteiger charge is -2.30. The van der Waals surface area contributed by atoms with Crippen LogP contribution in [0, 0.1) is 13.8 Å². The van der Waals surface area contributed by atoms with Crippen LogP contribution in [0.15, 0.2) is 30.3 Å². The summed E-state index contributed by atoms with van der Waals surface area (Å²) >= 11 is 6.19. The minimum Gasteiger partial charge on any atom is -0.484 e. The van der Waals surface area contributed by atoms with E-state index in [1.807, 2.05) is 19.9 Å². The average Bonchev–Trinajstić information content (AvgIpc) is 2.76. The highest BCUT2D eigenvalue weighted by molar-refractivity contribution is 6.32. The van der Waals surface area contributed by atoms with Crippen molar-refractivity contribution in [1.29, 1.82) is 0 Å². The van der Waals surface area contributed by atoms with E-state index in [9.17, 15) is 9.59 Å². The fourth-order valence-electron chi connectivity index (χ4n) is 3.38. The van der Waals surface area contributed by atoms with Gasteiger partial charge >= 0.3 is 5.97 Å². The summed E-state index contributed by atoms with van der Waals surface area (Å²) in [5.74, 6) is -0.195. The van der Waals surface area contributed by atoms with Gasteiger partial charge < -0.3 is 24.4 Å². The molecule has 8 heteroatoms. The highest BCUT2D eigenvalue weighted by Gasteiger charge is 2.19. The van der Waals surface area contributed by atoms with E-state index in [0.717, 1.165) is 16.8 Å². The van der Waals surface area contributed by atoms with E-state index in [4.69, 9.17) is 25.8 Å². The number of hydrogen-bond donors (Lipinski definition) is 1. The molecule has 1 amide bonds. The number of nitrogens with one attached hydrogen (secondary N) is 1. The molecule has 0 unspecified atom stereocenters. The van der Waals surface area contributed by atoms with Gasteiger partial charge in [-0.05, 0) is 62.2 Å². The maximum atomic E-state index is 12.6. The number of carbonyl (C=O) groups is 2. The Labute approximate surface area is 187 Å². The third kappa shape index (κ3) is 5.89. The average molecular weight is 447 g/mol. The molecule has 166 valence electrons. The molecule has 1 heterocycles. The molecule has 2 aromatic carbocycles. The molecule has 2 aromatic rings. The zero-order valence-electron chi connectivity index (χ0n) is 18.0. The van der Waals surface area contributed by atoms with Gasteiger partial charge in [0.15, 0.2) is 6.61 Å². The smallest absolute Gasteiger partial charge is 0.338 e. The number of aryl methyl sites for hydroxylation is 2. The molecule has 0 atom stereocenters. The maximum Gasteiger partial charge on any atom is 0.338 e. The van der Waals surface area contributed by atoms with Crippen LogP contribution >= 0.6 is 11.6 Å². The lowest BCUT2D eigenvalue weighted by molar-refractivity contribution is -0.118. The van der Waals surface area contributed by atoms with Crippen LogP contribution in [0.1, 0.15) is 28.4 Å². The molecule has 1 saturated heterocycles. The Kier molecular flexibility index (Phi) is 7.76. The zero-order valence-corrected chi connectivity index (χ0v) is 18.8. The van der Waals surface area contributed by atoms with Gasteiger partial charge in [-0.3, -0.25) is 4.79 Å². The molecular formula is C23H27ClN2O5. The lowest BCUT2D eigenvalue weighted by Crippen LogP contribution is -2.37. The van der Waals surface area contributed by atoms with Crippen LogP contribution in [-0.2, 0) is 14.3 Å². The number of rotatable bonds is 7. The standard InChI is InChI=1S/C23H27ClN2O5/c1-4-30-23(28)17-5-6-20(26-7-9-29-10-8-26)19(13-17)25-21(27)14-31-18-11-15(2)22(24)16(3)12-18/h5-6,11-13H,4,7-10,14H2,1-3H3,(H,25,27). The van der Waals surface area contributed by atoms with E-state index in [-0.39, 0.29) is 19.1 Å². The van der Waals surface area contributed by atoms with E-state index >= 15 is 0 Å². The number of nitrogens with zero attached hydrogens (tertiary/aromatic N) is 1. The number of halogens is 1. The molecule has 7 nitrogen and oxygen atoms in total. The molecule has 0 bridgehead atoms. The van der Waals surface area contributed by atoms with Gasteiger partial charge in [-0.25, -0.2) is 4.79 Å². The van der Waals surface area contributed by atoms with E-state index < -0.39 is 5.97 Å². The number of hydrogen-bond acceptors (Lipinski definition) is 6. The SMILES string of the molecule is CCOC(=O)c1ccc(N2CCOCC2)c(NC(=O)COc2cc(C)c(Cl)c(C)c2)c1. The molecule has 31 heavy (non-hydrogen) atoms. The van der Waals surface area contributed by atoms with Gasteiger partial charge in [0.25, 0.3) is 5.91 Å². The molecule has 0 radical (unpaired) electrons. The third-order valence-corrected chi connectivity index (χ3v) is 5.51. The summed E-state index contributed by atoms with van der Waals surface area (Å²) in [7, 11) is 0. The van der Waals surface area contributed by atoms with Crippen LogP contribution in [-0.4, -0.2) is 51.4 Å². The number of benzene rings is 2. The Hall–Kier alpha value is -2.77. The van der Waals surface area contributed by atoms with E-state index in [0.29, 0.717) is 48.3 Å². The minimum atomic E-state index is -0.435. The van der Waals surface area contributed by atoms with Crippen molar-refractivity contribution in [2.24, 2.45) is 0 Å². The Morgan fingerprint density at radius 1 is 1.13 bits per heavy atom. The Morgan fingerprint density at radius 2 is 1.81 bits per heavy atom. The van der Waals surface area contributed by atoms with Crippen LogP contribution in [0.2, 0.25) is 5.02 Å². The second-order valence-electron chi connectivity index (χ2n) is 7.26. The van der Waals surface area contributed by atoms with Crippen molar-refractivity contribution in [3.8, 4) is 5.75 Å². The normalized spacial score (nSPS) is 13.6. The highest BCUT2D eigenvalue weighted by atomic mass is 35.5. The quantitative estimate of drug-likeness (QED) is 0.648. The first-order chi connectivity index (χ1) is 14.9. The Bertz CT molecular complexity index is 934. The molecular weight excluding hydrogens is 420 g/mol. The maximum absolute atomic E-state index is 12.6. The van der Waals surface area contributed by atoms with Crippen molar-refractivity contribution in [3.05, 3.63) is 52.0 Å². The summed E-state index contributed by atoms with van der Waals surface area (Å²) in [6.07, 6.45) is 0. The number of ether oxygens (including phenoxy) is 3. The molecule has 1 aliphatic heterocycles. The van der Waals surface area contributed by atoms with E-state index in [2.05, 4.69) is 10.2 Å². The number of carbonyl (C=O) groups excluding carboxylic acids is 2. The van der Waals surface area contributed by atoms with Crippen molar-refractivity contribution in [2.45, 2.75) is 20.8 Å². The summed E-state index contributed by atoms with van der Waals surface area (Å²) in [5.41, 5.74) is 3.49. The first-order valence-corrected chi connectivity index (χ1v) is 10.6. The fourth-order valence-corrected chi connectivity index (χ4v) is 3.49. The highest BCUT2D eigenvalue weighted by Crippen LogP contribution is 2.29. The predicted molar refractivity (Wildman–Crippen MR) is 120 cm³/mol. The fraction of sp³-hybridized carbons (Fsp3) is 0.391. The first kappa shape index (κ1) is 22.9. The number of amides is 1. The summed E-state index contributed by atoms with van der Waals surface area (Å²) in [6.45, 7) is 8.22. The molecule has 0 saturated carbocycles. The second-order valence-corrected chi connectivity index (χ2v) is 7.64. The van der Waals surface area contributed by atoms with Gasteiger partial charge in [0.05, 0.1) is 36.8 Å². The monoisotopic (exact) mass is 446 g/mol. The van der Waals surface area contributed by atoms with Gasteiger partial charge in [-0.2, -0.15) is 0 Å². The molecule has 0 spiro atoms. The van der Waals surface area contributed by atoms with Gasteiger partial charge in [-0.1, -0.05) is 11.6 Å². The molecule has 1 fully saturated rings. The van der Waals surface area contributed by atoms with Crippen molar-refractivity contribution in [2.75, 3.05) is 49.7 Å². The molecule has 0 aromatic heterocycles. The Morgan fingerprint density at radius 3 is 2.45 bits per heavy atom. The van der Waals surface area contributed by atoms with Gasteiger partial charge in [0, 0.05) is 18.1 Å². The summed E-state index contributed by atoms with van der Waals surface area (Å²) in [4.78, 5) is 26.9. The van der Waals surface area contributed by atoms with E-state index in [1.54, 1.807) is 31.2 Å². The zero-order chi connectivity index (χ0) is 22.4. The van der Waals surface area contributed by atoms with Crippen molar-refractivity contribution in [3.63, 3.8) is 0 Å². The molecule has 0 aliphatic carbocycles. The first-order valence-electron chi connectivity index (χ1n) is 10.2. The third-order valence-electron chi connectivity index (χ3n) is 4.91. The largest absolute Gasteiger partial charge is 0.484 e. The van der Waals surface area contributed by atoms with Gasteiger partial charge in [-0.15, -0.1) is 0 Å². The van der Waals surface area contributed by atoms with Crippen LogP contribution in [0.4, 0.5) is 11.4 Å². The summed E-state index contributed by atoms with van der Waals surface area (Å²) < 4.78 is 16.2. The minimum absolute atomic E-state index is 0.174. The Balaban J connectivity index is 1.76. The van der Waals surface area contributed by atoms with E-state index in [1.165, 1.54) is 0 Å². The molecule has 3 rings (SSSR count). The predicted octanol–water partition coefficient (Wildman–Crippen LogP) is 3.99. The van der Waals surface area contributed by atoms with Crippen molar-refractivity contribution >= 4 is 34.9 Å². The number of esters is 1. The number of anilines is 2. The molecule has 1 N–H and O–H groups in total. The number of morpholine rings is 1. The second kappa shape index (κ2) is 10.5. The van der Waals surface area contributed by atoms with Crippen LogP contribution in [0.25, 0.3) is 0 Å². The van der Waals surface area contributed by atoms with Crippen LogP contribution < -0.4 is 15.0 Å². The van der Waals surface area contributed by atoms with Crippen LogP contribution in [0.5, 0.6) is 5.75 Å². The van der Waals surface area contributed by atoms with Gasteiger partial charge in [0.1, 0.15) is 5.75 Å². The van der Waals surface area contributed by atoms with Gasteiger partial charge in [0.2, 0.25) is 0 Å². The topological polar surface area (TPSA) is 77.1 Å². The van der Waals surface area contributed by atoms with Crippen molar-refractivity contribution < 1.29 is 23.8 Å². The van der Waals surface area contributed by atoms with Crippen LogP contribution in [0.3, 0.4) is 0 Å². The lowest BCUT2D eigenvalue weighted by atomic mass is 10.1. The summed E-state index contributed by atoms with van der Waals surface area (Å²) in [6, 6.07) is 8.75. The van der Waals surface area contributed by atoms with Crippen molar-refractivity contribution in [1.82, 2.24) is 0 Å². The molecule has 1 aliphatic rings. The summed E-state index contributed by atoms with van der Waals surface area (Å²) in [5, 5.41) is 3.56.